The molecule has 1 N–H and O–H groups in total. The van der Waals surface area contributed by atoms with Gasteiger partial charge in [-0.2, -0.15) is 0 Å². The van der Waals surface area contributed by atoms with Gasteiger partial charge in [0, 0.05) is 17.6 Å². The zero-order valence-corrected chi connectivity index (χ0v) is 19.8. The Bertz CT molecular complexity index is 1510. The summed E-state index contributed by atoms with van der Waals surface area (Å²) in [6, 6.07) is 11.1. The third-order valence-corrected chi connectivity index (χ3v) is 7.40. The number of esters is 1. The van der Waals surface area contributed by atoms with Crippen molar-refractivity contribution in [2.45, 2.75) is 32.3 Å². The van der Waals surface area contributed by atoms with Crippen LogP contribution in [0.4, 0.5) is 5.69 Å². The number of para-hydroxylation sites is 1. The van der Waals surface area contributed by atoms with Crippen LogP contribution < -0.4 is 10.3 Å². The van der Waals surface area contributed by atoms with E-state index in [1.165, 1.54) is 33.9 Å². The van der Waals surface area contributed by atoms with Crippen molar-refractivity contribution in [3.8, 4) is 0 Å². The monoisotopic (exact) mass is 483 g/mol. The Kier molecular flexibility index (Phi) is 6.05. The first-order valence-corrected chi connectivity index (χ1v) is 12.3. The lowest BCUT2D eigenvalue weighted by Crippen LogP contribution is -2.19. The molecule has 0 unspecified atom stereocenters. The van der Waals surface area contributed by atoms with Crippen molar-refractivity contribution >= 4 is 38.0 Å². The molecule has 2 heterocycles. The van der Waals surface area contributed by atoms with E-state index in [9.17, 15) is 18.0 Å². The number of fused-ring (bicyclic) bond motifs is 1. The van der Waals surface area contributed by atoms with Crippen LogP contribution in [0.2, 0.25) is 0 Å². The van der Waals surface area contributed by atoms with E-state index in [4.69, 9.17) is 4.74 Å². The van der Waals surface area contributed by atoms with Gasteiger partial charge in [0.15, 0.2) is 4.96 Å². The summed E-state index contributed by atoms with van der Waals surface area (Å²) >= 11 is 1.29. The number of aryl methyl sites for hydroxylation is 3. The number of hydrogen-bond donors (Lipinski definition) is 1. The molecule has 8 nitrogen and oxygen atoms in total. The second-order valence-electron chi connectivity index (χ2n) is 7.60. The largest absolute Gasteiger partial charge is 0.456 e. The first-order valence-electron chi connectivity index (χ1n) is 9.98. The molecule has 0 radical (unpaired) electrons. The third-order valence-electron chi connectivity index (χ3n) is 4.97. The number of aromatic nitrogens is 2. The van der Waals surface area contributed by atoms with Gasteiger partial charge in [-0.1, -0.05) is 29.8 Å². The highest BCUT2D eigenvalue weighted by atomic mass is 32.2. The lowest BCUT2D eigenvalue weighted by Gasteiger charge is -2.16. The number of carbonyl (C=O) groups excluding carboxylic acids is 1. The number of benzene rings is 2. The smallest absolute Gasteiger partial charge is 0.340 e. The van der Waals surface area contributed by atoms with Crippen molar-refractivity contribution < 1.29 is 17.9 Å². The van der Waals surface area contributed by atoms with Crippen LogP contribution in [0.25, 0.3) is 4.96 Å². The highest BCUT2D eigenvalue weighted by Gasteiger charge is 2.23. The van der Waals surface area contributed by atoms with Crippen molar-refractivity contribution in [2.75, 3.05) is 4.72 Å². The fourth-order valence-corrected chi connectivity index (χ4v) is 5.99. The molecule has 0 atom stereocenters. The molecule has 0 fully saturated rings. The first kappa shape index (κ1) is 22.7. The van der Waals surface area contributed by atoms with Crippen LogP contribution in [-0.2, 0) is 21.4 Å². The molecule has 0 aliphatic heterocycles. The second kappa shape index (κ2) is 8.80. The van der Waals surface area contributed by atoms with Crippen LogP contribution in [0.3, 0.4) is 0 Å². The lowest BCUT2D eigenvalue weighted by molar-refractivity contribution is 0.0469. The molecule has 2 aromatic carbocycles. The first-order chi connectivity index (χ1) is 15.7. The van der Waals surface area contributed by atoms with Gasteiger partial charge >= 0.3 is 5.97 Å². The number of anilines is 1. The molecular weight excluding hydrogens is 462 g/mol. The fraction of sp³-hybridized carbons (Fsp3) is 0.174. The molecule has 0 saturated heterocycles. The maximum atomic E-state index is 13.1. The van der Waals surface area contributed by atoms with Gasteiger partial charge in [-0.15, -0.1) is 11.3 Å². The number of ether oxygens (including phenoxy) is 1. The van der Waals surface area contributed by atoms with E-state index in [-0.39, 0.29) is 28.3 Å². The van der Waals surface area contributed by atoms with Crippen LogP contribution in [0.5, 0.6) is 0 Å². The molecule has 33 heavy (non-hydrogen) atoms. The number of hydrogen-bond acceptors (Lipinski definition) is 7. The van der Waals surface area contributed by atoms with Crippen molar-refractivity contribution in [1.29, 1.82) is 0 Å². The Morgan fingerprint density at radius 3 is 2.55 bits per heavy atom. The second-order valence-corrected chi connectivity index (χ2v) is 10.1. The molecule has 0 saturated carbocycles. The summed E-state index contributed by atoms with van der Waals surface area (Å²) in [4.78, 5) is 29.8. The number of rotatable bonds is 6. The van der Waals surface area contributed by atoms with Crippen molar-refractivity contribution in [3.63, 3.8) is 0 Å². The topological polar surface area (TPSA) is 107 Å². The highest BCUT2D eigenvalue weighted by molar-refractivity contribution is 7.92. The summed E-state index contributed by atoms with van der Waals surface area (Å²) in [5.41, 5.74) is 2.37. The molecule has 0 aliphatic rings. The van der Waals surface area contributed by atoms with E-state index >= 15 is 0 Å². The summed E-state index contributed by atoms with van der Waals surface area (Å²) in [6.45, 7) is 5.14. The maximum Gasteiger partial charge on any atom is 0.340 e. The molecule has 0 bridgehead atoms. The number of nitrogens with one attached hydrogen (secondary N) is 1. The van der Waals surface area contributed by atoms with Crippen LogP contribution in [0, 0.1) is 20.8 Å². The van der Waals surface area contributed by atoms with Crippen LogP contribution in [0.15, 0.2) is 63.7 Å². The Balaban J connectivity index is 1.58. The molecule has 0 amide bonds. The lowest BCUT2D eigenvalue weighted by atomic mass is 10.1. The van der Waals surface area contributed by atoms with Gasteiger partial charge in [-0.3, -0.25) is 13.9 Å². The van der Waals surface area contributed by atoms with Gasteiger partial charge in [0.2, 0.25) is 0 Å². The molecule has 4 aromatic rings. The minimum atomic E-state index is -3.95. The molecule has 0 aliphatic carbocycles. The molecule has 0 spiro atoms. The normalized spacial score (nSPS) is 11.5. The van der Waals surface area contributed by atoms with E-state index in [1.807, 2.05) is 6.92 Å². The molecule has 170 valence electrons. The predicted molar refractivity (Wildman–Crippen MR) is 126 cm³/mol. The minimum absolute atomic E-state index is 0.0532. The third kappa shape index (κ3) is 4.67. The quantitative estimate of drug-likeness (QED) is 0.418. The number of sulfonamides is 1. The zero-order valence-electron chi connectivity index (χ0n) is 18.2. The fourth-order valence-electron chi connectivity index (χ4n) is 3.72. The minimum Gasteiger partial charge on any atom is -0.456 e. The molecule has 2 aromatic heterocycles. The summed E-state index contributed by atoms with van der Waals surface area (Å²) < 4.78 is 35.5. The summed E-state index contributed by atoms with van der Waals surface area (Å²) in [5, 5.41) is 1.74. The molecule has 4 rings (SSSR count). The Morgan fingerprint density at radius 2 is 1.82 bits per heavy atom. The average molecular weight is 484 g/mol. The highest BCUT2D eigenvalue weighted by Crippen LogP contribution is 2.26. The van der Waals surface area contributed by atoms with E-state index < -0.39 is 16.0 Å². The van der Waals surface area contributed by atoms with Gasteiger partial charge in [0.1, 0.15) is 6.61 Å². The summed E-state index contributed by atoms with van der Waals surface area (Å²) in [7, 11) is -3.95. The van der Waals surface area contributed by atoms with E-state index in [2.05, 4.69) is 9.71 Å². The van der Waals surface area contributed by atoms with Crippen molar-refractivity contribution in [2.24, 2.45) is 0 Å². The van der Waals surface area contributed by atoms with Crippen molar-refractivity contribution in [3.05, 3.63) is 92.3 Å². The number of carbonyl (C=O) groups is 1. The van der Waals surface area contributed by atoms with Gasteiger partial charge in [-0.25, -0.2) is 18.2 Å². The van der Waals surface area contributed by atoms with Gasteiger partial charge in [0.25, 0.3) is 15.6 Å². The van der Waals surface area contributed by atoms with Crippen LogP contribution in [-0.4, -0.2) is 23.8 Å². The van der Waals surface area contributed by atoms with Crippen molar-refractivity contribution in [1.82, 2.24) is 9.38 Å². The van der Waals surface area contributed by atoms with E-state index in [0.717, 1.165) is 5.56 Å². The maximum absolute atomic E-state index is 13.1. The average Bonchev–Trinajstić information content (AvgIpc) is 3.20. The molecular formula is C23H21N3O5S2. The van der Waals surface area contributed by atoms with Crippen LogP contribution >= 0.6 is 11.3 Å². The predicted octanol–water partition coefficient (Wildman–Crippen LogP) is 3.84. The van der Waals surface area contributed by atoms with Gasteiger partial charge in [0.05, 0.1) is 21.8 Å². The Morgan fingerprint density at radius 1 is 1.12 bits per heavy atom. The van der Waals surface area contributed by atoms with E-state index in [0.29, 0.717) is 21.8 Å². The Hall–Kier alpha value is -3.50. The summed E-state index contributed by atoms with van der Waals surface area (Å²) in [5.74, 6) is -0.737. The Labute approximate surface area is 194 Å². The standard InChI is InChI=1S/C23H21N3O5S2/c1-14-10-15(2)21(16(3)11-14)33(29,30)25-19-7-5-4-6-18(19)22(28)31-13-17-12-20(27)26-8-9-32-23(26)24-17/h4-12,25H,13H2,1-3H3. The van der Waals surface area contributed by atoms with Gasteiger partial charge < -0.3 is 4.74 Å². The number of nitrogens with zero attached hydrogens (tertiary/aromatic N) is 2. The molecule has 10 heteroatoms. The SMILES string of the molecule is Cc1cc(C)c(S(=O)(=O)Nc2ccccc2C(=O)OCc2cc(=O)n3ccsc3n2)c(C)c1. The van der Waals surface area contributed by atoms with Gasteiger partial charge in [-0.05, 0) is 44.0 Å². The zero-order chi connectivity index (χ0) is 23.8. The van der Waals surface area contributed by atoms with Crippen LogP contribution in [0.1, 0.15) is 32.7 Å². The number of thiazole rings is 1. The van der Waals surface area contributed by atoms with E-state index in [1.54, 1.807) is 49.7 Å². The summed E-state index contributed by atoms with van der Waals surface area (Å²) in [6.07, 6.45) is 1.62.